The lowest BCUT2D eigenvalue weighted by Crippen LogP contribution is -2.26. The predicted molar refractivity (Wildman–Crippen MR) is 46.2 cm³/mol. The van der Waals surface area contributed by atoms with Gasteiger partial charge in [0.05, 0.1) is 5.75 Å². The number of allylic oxidation sites excluding steroid dienone is 1. The third kappa shape index (κ3) is 2.30. The highest BCUT2D eigenvalue weighted by atomic mass is 32.2. The summed E-state index contributed by atoms with van der Waals surface area (Å²) in [4.78, 5) is 0. The largest absolute Gasteiger partial charge is 0.242 e. The van der Waals surface area contributed by atoms with Crippen molar-refractivity contribution in [3.63, 3.8) is 0 Å². The number of hydrogen-bond acceptors (Lipinski definition) is 2. The highest BCUT2D eigenvalue weighted by Crippen LogP contribution is 2.29. The van der Waals surface area contributed by atoms with E-state index in [9.17, 15) is 12.8 Å². The van der Waals surface area contributed by atoms with E-state index < -0.39 is 22.8 Å². The summed E-state index contributed by atoms with van der Waals surface area (Å²) in [6.07, 6.45) is 1.97. The van der Waals surface area contributed by atoms with Gasteiger partial charge in [-0.25, -0.2) is 12.8 Å². The second-order valence-electron chi connectivity index (χ2n) is 3.01. The third-order valence-corrected chi connectivity index (χ3v) is 2.78. The van der Waals surface area contributed by atoms with Crippen molar-refractivity contribution in [3.8, 4) is 0 Å². The average molecular weight is 191 g/mol. The Kier molecular flexibility index (Phi) is 3.26. The van der Waals surface area contributed by atoms with Crippen molar-refractivity contribution in [1.29, 1.82) is 0 Å². The van der Waals surface area contributed by atoms with Crippen molar-refractivity contribution in [2.45, 2.75) is 19.0 Å². The van der Waals surface area contributed by atoms with E-state index in [1.165, 1.54) is 0 Å². The smallest absolute Gasteiger partial charge is 0.140 e. The Bertz CT molecular complexity index is 239. The molecule has 0 spiro atoms. The molecule has 0 amide bonds. The number of rotatable bonds is 2. The SMILES string of the molecule is C=C1CC[CH]C(C[SH](=O)=O)C1F. The molecule has 0 bridgehead atoms. The zero-order valence-electron chi connectivity index (χ0n) is 6.70. The molecule has 69 valence electrons. The number of alkyl halides is 1. The minimum Gasteiger partial charge on any atom is -0.242 e. The van der Waals surface area contributed by atoms with Crippen LogP contribution in [0.4, 0.5) is 4.39 Å². The van der Waals surface area contributed by atoms with Gasteiger partial charge in [0.2, 0.25) is 0 Å². The Morgan fingerprint density at radius 2 is 2.33 bits per heavy atom. The second kappa shape index (κ2) is 4.03. The fourth-order valence-electron chi connectivity index (χ4n) is 1.38. The molecule has 12 heavy (non-hydrogen) atoms. The highest BCUT2D eigenvalue weighted by molar-refractivity contribution is 7.72. The van der Waals surface area contributed by atoms with Crippen molar-refractivity contribution in [3.05, 3.63) is 18.6 Å². The molecule has 2 unspecified atom stereocenters. The molecule has 2 atom stereocenters. The quantitative estimate of drug-likeness (QED) is 0.524. The highest BCUT2D eigenvalue weighted by Gasteiger charge is 2.28. The summed E-state index contributed by atoms with van der Waals surface area (Å²) in [5, 5.41) is 0. The first-order valence-electron chi connectivity index (χ1n) is 3.88. The summed E-state index contributed by atoms with van der Waals surface area (Å²) in [5.74, 6) is -0.553. The van der Waals surface area contributed by atoms with Gasteiger partial charge in [-0.15, -0.1) is 0 Å². The molecular weight excluding hydrogens is 179 g/mol. The first kappa shape index (κ1) is 9.71. The Labute approximate surface area is 73.4 Å². The molecule has 0 aromatic heterocycles. The van der Waals surface area contributed by atoms with Crippen LogP contribution < -0.4 is 0 Å². The minimum absolute atomic E-state index is 0.0878. The fourth-order valence-corrected chi connectivity index (χ4v) is 2.06. The molecule has 1 aliphatic carbocycles. The van der Waals surface area contributed by atoms with E-state index in [2.05, 4.69) is 6.58 Å². The maximum atomic E-state index is 13.2. The van der Waals surface area contributed by atoms with E-state index in [4.69, 9.17) is 0 Å². The van der Waals surface area contributed by atoms with Crippen LogP contribution in [0.3, 0.4) is 0 Å². The van der Waals surface area contributed by atoms with Gasteiger partial charge in [-0.1, -0.05) is 6.58 Å². The van der Waals surface area contributed by atoms with Crippen molar-refractivity contribution < 1.29 is 12.8 Å². The second-order valence-corrected chi connectivity index (χ2v) is 4.04. The Morgan fingerprint density at radius 3 is 2.92 bits per heavy atom. The van der Waals surface area contributed by atoms with E-state index in [0.717, 1.165) is 6.42 Å². The normalized spacial score (nSPS) is 31.0. The predicted octanol–water partition coefficient (Wildman–Crippen LogP) is 1.11. The zero-order chi connectivity index (χ0) is 9.14. The zero-order valence-corrected chi connectivity index (χ0v) is 7.60. The molecule has 4 heteroatoms. The maximum Gasteiger partial charge on any atom is 0.140 e. The summed E-state index contributed by atoms with van der Waals surface area (Å²) in [7, 11) is -2.48. The van der Waals surface area contributed by atoms with Gasteiger partial charge in [0.1, 0.15) is 16.9 Å². The molecule has 0 N–H and O–H groups in total. The maximum absolute atomic E-state index is 13.2. The van der Waals surface area contributed by atoms with Crippen molar-refractivity contribution in [2.75, 3.05) is 5.75 Å². The molecule has 1 rings (SSSR count). The molecule has 0 saturated heterocycles. The van der Waals surface area contributed by atoms with Crippen molar-refractivity contribution in [2.24, 2.45) is 5.92 Å². The van der Waals surface area contributed by atoms with Crippen LogP contribution in [0.2, 0.25) is 0 Å². The van der Waals surface area contributed by atoms with Gasteiger partial charge in [-0.05, 0) is 24.8 Å². The number of thiol groups is 1. The first-order chi connectivity index (χ1) is 5.61. The molecule has 0 aliphatic heterocycles. The molecule has 0 aromatic carbocycles. The molecule has 1 radical (unpaired) electrons. The van der Waals surface area contributed by atoms with Crippen LogP contribution in [0.1, 0.15) is 12.8 Å². The topological polar surface area (TPSA) is 34.1 Å². The molecule has 0 heterocycles. The van der Waals surface area contributed by atoms with Crippen LogP contribution in [0, 0.1) is 12.3 Å². The molecule has 0 aromatic rings. The lowest BCUT2D eigenvalue weighted by atomic mass is 9.86. The monoisotopic (exact) mass is 191 g/mol. The molecule has 1 aliphatic rings. The van der Waals surface area contributed by atoms with E-state index in [1.54, 1.807) is 6.42 Å². The Morgan fingerprint density at radius 1 is 1.67 bits per heavy atom. The summed E-state index contributed by atoms with van der Waals surface area (Å²) in [6, 6.07) is 0. The lowest BCUT2D eigenvalue weighted by Gasteiger charge is -2.25. The fraction of sp³-hybridized carbons (Fsp3) is 0.625. The lowest BCUT2D eigenvalue weighted by molar-refractivity contribution is 0.281. The van der Waals surface area contributed by atoms with Gasteiger partial charge >= 0.3 is 0 Å². The Balaban J connectivity index is 2.57. The summed E-state index contributed by atoms with van der Waals surface area (Å²) in [6.45, 7) is 3.56. The Hall–Kier alpha value is -0.380. The van der Waals surface area contributed by atoms with Crippen molar-refractivity contribution >= 4 is 10.7 Å². The number of halogens is 1. The molecular formula is C8H12FO2S. The third-order valence-electron chi connectivity index (χ3n) is 2.06. The van der Waals surface area contributed by atoms with E-state index in [-0.39, 0.29) is 5.75 Å². The number of hydrogen-bond donors (Lipinski definition) is 1. The van der Waals surface area contributed by atoms with Crippen LogP contribution >= 0.6 is 0 Å². The molecule has 1 saturated carbocycles. The molecule has 2 nitrogen and oxygen atoms in total. The van der Waals surface area contributed by atoms with Gasteiger partial charge in [0.25, 0.3) is 0 Å². The van der Waals surface area contributed by atoms with Crippen LogP contribution in [0.15, 0.2) is 12.2 Å². The van der Waals surface area contributed by atoms with Gasteiger partial charge in [-0.3, -0.25) is 0 Å². The van der Waals surface area contributed by atoms with Crippen LogP contribution in [-0.2, 0) is 10.7 Å². The van der Waals surface area contributed by atoms with Crippen LogP contribution in [0.5, 0.6) is 0 Å². The van der Waals surface area contributed by atoms with Gasteiger partial charge in [0, 0.05) is 5.92 Å². The summed E-state index contributed by atoms with van der Waals surface area (Å²) >= 11 is 0. The van der Waals surface area contributed by atoms with Gasteiger partial charge in [0.15, 0.2) is 0 Å². The van der Waals surface area contributed by atoms with Crippen molar-refractivity contribution in [1.82, 2.24) is 0 Å². The van der Waals surface area contributed by atoms with E-state index in [0.29, 0.717) is 12.0 Å². The minimum atomic E-state index is -2.48. The average Bonchev–Trinajstić information content (AvgIpc) is 1.98. The van der Waals surface area contributed by atoms with Gasteiger partial charge in [-0.2, -0.15) is 0 Å². The van der Waals surface area contributed by atoms with E-state index >= 15 is 0 Å². The van der Waals surface area contributed by atoms with Crippen LogP contribution in [-0.4, -0.2) is 20.3 Å². The summed E-state index contributed by atoms with van der Waals surface area (Å²) in [5.41, 5.74) is 0.527. The van der Waals surface area contributed by atoms with Crippen LogP contribution in [0.25, 0.3) is 0 Å². The summed E-state index contributed by atoms with van der Waals surface area (Å²) < 4.78 is 33.9. The van der Waals surface area contributed by atoms with E-state index in [1.807, 2.05) is 0 Å². The van der Waals surface area contributed by atoms with Gasteiger partial charge < -0.3 is 0 Å². The first-order valence-corrected chi connectivity index (χ1v) is 5.24. The standard InChI is InChI=1S/C8H12FO2S/c1-6-3-2-4-7(8(6)9)5-12(10)11/h4,7-8,12H,1-3,5H2. The molecule has 1 fully saturated rings.